The van der Waals surface area contributed by atoms with Crippen LogP contribution in [0.2, 0.25) is 0 Å². The van der Waals surface area contributed by atoms with Gasteiger partial charge in [-0.25, -0.2) is 4.79 Å². The molecule has 12 heteroatoms. The third-order valence-corrected chi connectivity index (χ3v) is 6.27. The summed E-state index contributed by atoms with van der Waals surface area (Å²) in [7, 11) is 1.61. The molecule has 8 nitrogen and oxygen atoms in total. The fourth-order valence-corrected chi connectivity index (χ4v) is 4.43. The van der Waals surface area contributed by atoms with Crippen LogP contribution in [0.25, 0.3) is 0 Å². The van der Waals surface area contributed by atoms with Gasteiger partial charge in [-0.3, -0.25) is 20.4 Å². The number of rotatable bonds is 5. The minimum absolute atomic E-state index is 0.0479. The Kier molecular flexibility index (Phi) is 8.26. The van der Waals surface area contributed by atoms with Gasteiger partial charge in [-0.1, -0.05) is 24.3 Å². The van der Waals surface area contributed by atoms with Gasteiger partial charge in [0.15, 0.2) is 0 Å². The van der Waals surface area contributed by atoms with Crippen molar-refractivity contribution < 1.29 is 32.3 Å². The van der Waals surface area contributed by atoms with Gasteiger partial charge in [0.25, 0.3) is 5.91 Å². The molecule has 0 saturated carbocycles. The highest BCUT2D eigenvalue weighted by Crippen LogP contribution is 2.34. The molecule has 3 N–H and O–H groups in total. The highest BCUT2D eigenvalue weighted by atomic mass is 32.2. The van der Waals surface area contributed by atoms with Gasteiger partial charge >= 0.3 is 18.1 Å². The van der Waals surface area contributed by atoms with E-state index in [-0.39, 0.29) is 23.4 Å². The number of methoxy groups -OCH3 is 1. The van der Waals surface area contributed by atoms with E-state index in [1.54, 1.807) is 41.3 Å². The molecule has 1 saturated heterocycles. The lowest BCUT2D eigenvalue weighted by atomic mass is 10.1. The Balaban J connectivity index is 1.49. The topological polar surface area (TPSA) is 99.8 Å². The third kappa shape index (κ3) is 6.80. The molecule has 4 amide bonds. The van der Waals surface area contributed by atoms with Crippen LogP contribution < -0.4 is 20.9 Å². The predicted octanol–water partition coefficient (Wildman–Crippen LogP) is 3.02. The summed E-state index contributed by atoms with van der Waals surface area (Å²) in [5, 5.41) is 2.97. The molecule has 0 aromatic heterocycles. The summed E-state index contributed by atoms with van der Waals surface area (Å²) < 4.78 is 41.8. The molecular weight excluding hydrogens is 473 g/mol. The van der Waals surface area contributed by atoms with E-state index in [0.29, 0.717) is 18.7 Å². The van der Waals surface area contributed by atoms with E-state index in [9.17, 15) is 27.6 Å². The first-order valence-corrected chi connectivity index (χ1v) is 11.3. The summed E-state index contributed by atoms with van der Waals surface area (Å²) in [6.07, 6.45) is -5.10. The van der Waals surface area contributed by atoms with Crippen LogP contribution in [0.3, 0.4) is 0 Å². The number of amides is 4. The molecule has 1 unspecified atom stereocenters. The van der Waals surface area contributed by atoms with Crippen LogP contribution in [0, 0.1) is 0 Å². The highest BCUT2D eigenvalue weighted by Gasteiger charge is 2.39. The quantitative estimate of drug-likeness (QED) is 0.553. The molecule has 0 radical (unpaired) electrons. The maximum Gasteiger partial charge on any atom is 0.472 e. The van der Waals surface area contributed by atoms with Crippen LogP contribution in [0.4, 0.5) is 18.0 Å². The number of nitrogens with zero attached hydrogens (tertiary/aromatic N) is 1. The molecule has 0 bridgehead atoms. The Morgan fingerprint density at radius 2 is 1.85 bits per heavy atom. The first kappa shape index (κ1) is 25.2. The minimum Gasteiger partial charge on any atom is -0.497 e. The standard InChI is InChI=1S/C22H23F3N4O4S/c1-33-17-4-2-3-16(11-17)18-13-29(9-10-34-18)21(32)26-12-14-5-7-15(8-6-14)19(30)27-28-20(31)22(23,24)25/h2-8,11,18H,9-10,12-13H2,1H3,(H,26,32)(H,27,30)(H,28,31). The zero-order valence-electron chi connectivity index (χ0n) is 18.1. The SMILES string of the molecule is COc1cccc(C2CN(C(=O)NCc3ccc(C(=O)NNC(=O)C(F)(F)F)cc3)CCS2)c1. The number of hydrazine groups is 1. The number of carbonyl (C=O) groups is 3. The van der Waals surface area contributed by atoms with Crippen molar-refractivity contribution >= 4 is 29.6 Å². The van der Waals surface area contributed by atoms with Crippen LogP contribution in [-0.2, 0) is 11.3 Å². The molecular formula is C22H23F3N4O4S. The van der Waals surface area contributed by atoms with Gasteiger partial charge in [-0.2, -0.15) is 24.9 Å². The molecule has 2 aromatic carbocycles. The van der Waals surface area contributed by atoms with E-state index in [1.165, 1.54) is 17.6 Å². The monoisotopic (exact) mass is 496 g/mol. The number of urea groups is 1. The van der Waals surface area contributed by atoms with Crippen molar-refractivity contribution in [2.45, 2.75) is 18.0 Å². The van der Waals surface area contributed by atoms with Gasteiger partial charge in [0.05, 0.1) is 7.11 Å². The molecule has 182 valence electrons. The Morgan fingerprint density at radius 1 is 1.12 bits per heavy atom. The molecule has 34 heavy (non-hydrogen) atoms. The smallest absolute Gasteiger partial charge is 0.472 e. The lowest BCUT2D eigenvalue weighted by Crippen LogP contribution is -2.47. The van der Waals surface area contributed by atoms with Gasteiger partial charge in [0, 0.05) is 36.2 Å². The molecule has 0 aliphatic carbocycles. The van der Waals surface area contributed by atoms with E-state index >= 15 is 0 Å². The predicted molar refractivity (Wildman–Crippen MR) is 120 cm³/mol. The maximum absolute atomic E-state index is 12.7. The van der Waals surface area contributed by atoms with Crippen molar-refractivity contribution in [3.05, 3.63) is 65.2 Å². The summed E-state index contributed by atoms with van der Waals surface area (Å²) in [4.78, 5) is 37.0. The third-order valence-electron chi connectivity index (χ3n) is 5.03. The Hall–Kier alpha value is -3.41. The van der Waals surface area contributed by atoms with Gasteiger partial charge in [0.2, 0.25) is 0 Å². The van der Waals surface area contributed by atoms with E-state index in [0.717, 1.165) is 17.1 Å². The lowest BCUT2D eigenvalue weighted by Gasteiger charge is -2.32. The number of carbonyl (C=O) groups excluding carboxylic acids is 3. The Labute approximate surface area is 198 Å². The molecule has 1 aliphatic heterocycles. The number of alkyl halides is 3. The van der Waals surface area contributed by atoms with Gasteiger partial charge in [-0.15, -0.1) is 0 Å². The summed E-state index contributed by atoms with van der Waals surface area (Å²) in [5.74, 6) is -1.61. The second kappa shape index (κ2) is 11.1. The number of nitrogens with one attached hydrogen (secondary N) is 3. The van der Waals surface area contributed by atoms with Crippen LogP contribution in [0.1, 0.15) is 26.7 Å². The molecule has 2 aromatic rings. The number of ether oxygens (including phenoxy) is 1. The average molecular weight is 497 g/mol. The second-order valence-corrected chi connectivity index (χ2v) is 8.65. The zero-order chi connectivity index (χ0) is 24.7. The van der Waals surface area contributed by atoms with Gasteiger partial charge in [0.1, 0.15) is 5.75 Å². The van der Waals surface area contributed by atoms with Crippen LogP contribution >= 0.6 is 11.8 Å². The Morgan fingerprint density at radius 3 is 2.53 bits per heavy atom. The molecule has 3 rings (SSSR count). The fourth-order valence-electron chi connectivity index (χ4n) is 3.20. The summed E-state index contributed by atoms with van der Waals surface area (Å²) in [6, 6.07) is 13.4. The lowest BCUT2D eigenvalue weighted by molar-refractivity contribution is -0.174. The number of hydrogen-bond donors (Lipinski definition) is 3. The maximum atomic E-state index is 12.7. The van der Waals surface area contributed by atoms with Crippen LogP contribution in [0.5, 0.6) is 5.75 Å². The Bertz CT molecular complexity index is 1030. The summed E-state index contributed by atoms with van der Waals surface area (Å²) >= 11 is 1.78. The second-order valence-electron chi connectivity index (χ2n) is 7.34. The molecule has 1 aliphatic rings. The van der Waals surface area contributed by atoms with Gasteiger partial charge < -0.3 is 15.0 Å². The van der Waals surface area contributed by atoms with Crippen molar-refractivity contribution in [3.63, 3.8) is 0 Å². The highest BCUT2D eigenvalue weighted by molar-refractivity contribution is 7.99. The number of halogens is 3. The number of benzene rings is 2. The fraction of sp³-hybridized carbons (Fsp3) is 0.318. The van der Waals surface area contributed by atoms with Crippen molar-refractivity contribution in [2.75, 3.05) is 26.0 Å². The average Bonchev–Trinajstić information content (AvgIpc) is 2.85. The van der Waals surface area contributed by atoms with E-state index in [2.05, 4.69) is 5.32 Å². The molecule has 1 heterocycles. The number of thioether (sulfide) groups is 1. The van der Waals surface area contributed by atoms with Crippen molar-refractivity contribution in [3.8, 4) is 5.75 Å². The van der Waals surface area contributed by atoms with Gasteiger partial charge in [-0.05, 0) is 35.4 Å². The van der Waals surface area contributed by atoms with Crippen molar-refractivity contribution in [1.29, 1.82) is 0 Å². The van der Waals surface area contributed by atoms with Crippen molar-refractivity contribution in [2.24, 2.45) is 0 Å². The normalized spacial score (nSPS) is 15.9. The van der Waals surface area contributed by atoms with Crippen LogP contribution in [0.15, 0.2) is 48.5 Å². The largest absolute Gasteiger partial charge is 0.497 e. The summed E-state index contributed by atoms with van der Waals surface area (Å²) in [5.41, 5.74) is 4.82. The van der Waals surface area contributed by atoms with E-state index < -0.39 is 18.0 Å². The van der Waals surface area contributed by atoms with E-state index in [4.69, 9.17) is 4.74 Å². The molecule has 1 fully saturated rings. The summed E-state index contributed by atoms with van der Waals surface area (Å²) in [6.45, 7) is 1.37. The first-order valence-electron chi connectivity index (χ1n) is 10.2. The molecule has 1 atom stereocenters. The minimum atomic E-state index is -5.10. The van der Waals surface area contributed by atoms with Crippen molar-refractivity contribution in [1.82, 2.24) is 21.1 Å². The van der Waals surface area contributed by atoms with Crippen LogP contribution in [-0.4, -0.2) is 54.9 Å². The zero-order valence-corrected chi connectivity index (χ0v) is 19.0. The first-order chi connectivity index (χ1) is 16.2. The molecule has 0 spiro atoms. The van der Waals surface area contributed by atoms with E-state index in [1.807, 2.05) is 24.3 Å². The number of hydrogen-bond acceptors (Lipinski definition) is 5.